The zero-order valence-corrected chi connectivity index (χ0v) is 26.7. The van der Waals surface area contributed by atoms with Crippen molar-refractivity contribution in [2.75, 3.05) is 31.6 Å². The number of halogens is 1. The van der Waals surface area contributed by atoms with E-state index in [4.69, 9.17) is 20.8 Å². The van der Waals surface area contributed by atoms with Crippen LogP contribution < -0.4 is 20.4 Å². The Balaban J connectivity index is 1.18. The maximum atomic E-state index is 13.6. The highest BCUT2D eigenvalue weighted by Crippen LogP contribution is 2.32. The minimum Gasteiger partial charge on any atom is -0.497 e. The quantitative estimate of drug-likeness (QED) is 0.208. The molecule has 238 valence electrons. The molecular formula is C37H38ClN3O5. The minimum absolute atomic E-state index is 0.0560. The first-order valence-corrected chi connectivity index (χ1v) is 16.1. The predicted molar refractivity (Wildman–Crippen MR) is 181 cm³/mol. The maximum Gasteiger partial charge on any atom is 0.287 e. The number of para-hydroxylation sites is 1. The summed E-state index contributed by atoms with van der Waals surface area (Å²) in [5, 5.41) is 4.09. The largest absolute Gasteiger partial charge is 0.497 e. The first-order valence-electron chi connectivity index (χ1n) is 15.8. The van der Waals surface area contributed by atoms with Crippen LogP contribution in [0.5, 0.6) is 5.75 Å². The number of benzene rings is 3. The number of carbonyl (C=O) groups excluding carboxylic acids is 2. The lowest BCUT2D eigenvalue weighted by molar-refractivity contribution is -0.128. The van der Waals surface area contributed by atoms with Gasteiger partial charge in [0.25, 0.3) is 5.91 Å². The fourth-order valence-electron chi connectivity index (χ4n) is 6.53. The van der Waals surface area contributed by atoms with Crippen LogP contribution in [0, 0.1) is 5.92 Å². The van der Waals surface area contributed by atoms with Gasteiger partial charge >= 0.3 is 0 Å². The second-order valence-corrected chi connectivity index (χ2v) is 12.5. The average molecular weight is 640 g/mol. The topological polar surface area (TPSA) is 92.1 Å². The Morgan fingerprint density at radius 3 is 2.52 bits per heavy atom. The molecule has 9 heteroatoms. The number of anilines is 1. The van der Waals surface area contributed by atoms with Gasteiger partial charge in [-0.25, -0.2) is 0 Å². The number of amides is 2. The molecule has 2 amide bonds. The van der Waals surface area contributed by atoms with Gasteiger partial charge in [0, 0.05) is 49.4 Å². The second-order valence-electron chi connectivity index (χ2n) is 12.1. The summed E-state index contributed by atoms with van der Waals surface area (Å²) < 4.78 is 11.1. The molecule has 1 atom stereocenters. The Bertz CT molecular complexity index is 1810. The van der Waals surface area contributed by atoms with Crippen molar-refractivity contribution < 1.29 is 18.7 Å². The van der Waals surface area contributed by atoms with E-state index in [-0.39, 0.29) is 17.1 Å². The molecule has 0 spiro atoms. The first kappa shape index (κ1) is 31.4. The van der Waals surface area contributed by atoms with Gasteiger partial charge in [0.2, 0.25) is 5.91 Å². The Morgan fingerprint density at radius 1 is 1.04 bits per heavy atom. The highest BCUT2D eigenvalue weighted by Gasteiger charge is 2.28. The third kappa shape index (κ3) is 6.97. The van der Waals surface area contributed by atoms with Gasteiger partial charge in [-0.1, -0.05) is 48.5 Å². The van der Waals surface area contributed by atoms with Gasteiger partial charge in [0.1, 0.15) is 11.3 Å². The zero-order valence-electron chi connectivity index (χ0n) is 26.0. The summed E-state index contributed by atoms with van der Waals surface area (Å²) in [5.41, 5.74) is 3.99. The van der Waals surface area contributed by atoms with Crippen molar-refractivity contribution in [1.29, 1.82) is 0 Å². The highest BCUT2D eigenvalue weighted by atomic mass is 35.5. The standard InChI is InChI=1S/C37H38ClN3O5/c1-24(26-9-11-28(38)12-10-26)31(39-37(44)35-22-33(42)30-21-29(45-2)13-14-34(30)46-35)20-25-15-18-40(19-16-25)32-7-4-3-6-27(32)23-41-17-5-8-36(41)43/h3-4,6-7,9-14,21-22,25,31H,1,5,8,15-20,23H2,2H3,(H,39,44)/t31-/m0/s1. The molecule has 0 aliphatic carbocycles. The van der Waals surface area contributed by atoms with E-state index in [0.717, 1.165) is 50.0 Å². The molecular weight excluding hydrogens is 602 g/mol. The summed E-state index contributed by atoms with van der Waals surface area (Å²) >= 11 is 6.15. The highest BCUT2D eigenvalue weighted by molar-refractivity contribution is 6.30. The number of ether oxygens (including phenoxy) is 1. The molecule has 2 fully saturated rings. The molecule has 0 bridgehead atoms. The van der Waals surface area contributed by atoms with Gasteiger partial charge in [-0.2, -0.15) is 0 Å². The average Bonchev–Trinajstić information content (AvgIpc) is 3.48. The fraction of sp³-hybridized carbons (Fsp3) is 0.324. The van der Waals surface area contributed by atoms with Crippen LogP contribution in [0.4, 0.5) is 5.69 Å². The van der Waals surface area contributed by atoms with Crippen LogP contribution in [0.15, 0.2) is 88.6 Å². The third-order valence-electron chi connectivity index (χ3n) is 9.15. The molecule has 2 aliphatic heterocycles. The molecule has 0 saturated carbocycles. The molecule has 0 unspecified atom stereocenters. The summed E-state index contributed by atoms with van der Waals surface area (Å²) in [5.74, 6) is 0.560. The van der Waals surface area contributed by atoms with Crippen molar-refractivity contribution in [2.45, 2.75) is 44.7 Å². The van der Waals surface area contributed by atoms with E-state index in [9.17, 15) is 14.4 Å². The number of likely N-dealkylation sites (tertiary alicyclic amines) is 1. The van der Waals surface area contributed by atoms with Gasteiger partial charge in [-0.3, -0.25) is 14.4 Å². The monoisotopic (exact) mass is 639 g/mol. The van der Waals surface area contributed by atoms with E-state index in [1.54, 1.807) is 18.2 Å². The molecule has 3 heterocycles. The summed E-state index contributed by atoms with van der Waals surface area (Å²) in [6.45, 7) is 7.57. The fourth-order valence-corrected chi connectivity index (χ4v) is 6.66. The Hall–Kier alpha value is -4.56. The smallest absolute Gasteiger partial charge is 0.287 e. The number of carbonyl (C=O) groups is 2. The van der Waals surface area contributed by atoms with Crippen molar-refractivity contribution in [3.05, 3.63) is 112 Å². The van der Waals surface area contributed by atoms with E-state index in [2.05, 4.69) is 35.0 Å². The van der Waals surface area contributed by atoms with Crippen molar-refractivity contribution in [3.63, 3.8) is 0 Å². The summed E-state index contributed by atoms with van der Waals surface area (Å²) in [6.07, 6.45) is 4.11. The molecule has 46 heavy (non-hydrogen) atoms. The lowest BCUT2D eigenvalue weighted by Crippen LogP contribution is -2.40. The molecule has 2 saturated heterocycles. The van der Waals surface area contributed by atoms with Gasteiger partial charge in [-0.15, -0.1) is 0 Å². The van der Waals surface area contributed by atoms with Crippen LogP contribution in [0.3, 0.4) is 0 Å². The Morgan fingerprint density at radius 2 is 1.80 bits per heavy atom. The molecule has 4 aromatic rings. The summed E-state index contributed by atoms with van der Waals surface area (Å²) in [4.78, 5) is 43.1. The lowest BCUT2D eigenvalue weighted by atomic mass is 9.85. The molecule has 3 aromatic carbocycles. The SMILES string of the molecule is C=C(c1ccc(Cl)cc1)[C@H](CC1CCN(c2ccccc2CN2CCCC2=O)CC1)NC(=O)c1cc(=O)c2cc(OC)ccc2o1. The van der Waals surface area contributed by atoms with Gasteiger partial charge in [0.05, 0.1) is 18.5 Å². The van der Waals surface area contributed by atoms with Gasteiger partial charge in [-0.05, 0) is 84.7 Å². The van der Waals surface area contributed by atoms with Crippen LogP contribution in [0.1, 0.15) is 53.8 Å². The number of hydrogen-bond donors (Lipinski definition) is 1. The normalized spacial score (nSPS) is 16.1. The van der Waals surface area contributed by atoms with Crippen LogP contribution in [-0.4, -0.2) is 49.5 Å². The zero-order chi connectivity index (χ0) is 32.2. The molecule has 6 rings (SSSR count). The van der Waals surface area contributed by atoms with Crippen LogP contribution >= 0.6 is 11.6 Å². The van der Waals surface area contributed by atoms with E-state index >= 15 is 0 Å². The molecule has 1 N–H and O–H groups in total. The number of methoxy groups -OCH3 is 1. The number of nitrogens with one attached hydrogen (secondary N) is 1. The maximum absolute atomic E-state index is 13.6. The number of hydrogen-bond acceptors (Lipinski definition) is 6. The van der Waals surface area contributed by atoms with Crippen molar-refractivity contribution >= 4 is 45.6 Å². The molecule has 2 aliphatic rings. The minimum atomic E-state index is -0.474. The Labute approximate surface area is 273 Å². The molecule has 0 radical (unpaired) electrons. The van der Waals surface area contributed by atoms with E-state index in [1.165, 1.54) is 24.4 Å². The first-order chi connectivity index (χ1) is 22.3. The van der Waals surface area contributed by atoms with Crippen LogP contribution in [0.25, 0.3) is 16.5 Å². The number of nitrogens with zero attached hydrogens (tertiary/aromatic N) is 2. The van der Waals surface area contributed by atoms with E-state index in [0.29, 0.717) is 47.0 Å². The molecule has 8 nitrogen and oxygen atoms in total. The van der Waals surface area contributed by atoms with Crippen molar-refractivity contribution in [3.8, 4) is 5.75 Å². The summed E-state index contributed by atoms with van der Waals surface area (Å²) in [7, 11) is 1.53. The van der Waals surface area contributed by atoms with Gasteiger partial charge < -0.3 is 24.3 Å². The second kappa shape index (κ2) is 13.8. The van der Waals surface area contributed by atoms with Crippen molar-refractivity contribution in [1.82, 2.24) is 10.2 Å². The molecule has 1 aromatic heterocycles. The van der Waals surface area contributed by atoms with Crippen molar-refractivity contribution in [2.24, 2.45) is 5.92 Å². The van der Waals surface area contributed by atoms with E-state index in [1.807, 2.05) is 35.2 Å². The van der Waals surface area contributed by atoms with Crippen LogP contribution in [-0.2, 0) is 11.3 Å². The van der Waals surface area contributed by atoms with Crippen LogP contribution in [0.2, 0.25) is 5.02 Å². The summed E-state index contributed by atoms with van der Waals surface area (Å²) in [6, 6.07) is 21.5. The third-order valence-corrected chi connectivity index (χ3v) is 9.40. The lowest BCUT2D eigenvalue weighted by Gasteiger charge is -2.37. The number of rotatable bonds is 10. The van der Waals surface area contributed by atoms with Gasteiger partial charge in [0.15, 0.2) is 11.2 Å². The number of piperidine rings is 1. The number of fused-ring (bicyclic) bond motifs is 1. The Kier molecular flexibility index (Phi) is 9.45. The van der Waals surface area contributed by atoms with E-state index < -0.39 is 11.9 Å². The predicted octanol–water partition coefficient (Wildman–Crippen LogP) is 6.70.